The van der Waals surface area contributed by atoms with Gasteiger partial charge in [-0.1, -0.05) is 6.07 Å². The van der Waals surface area contributed by atoms with Gasteiger partial charge in [-0.15, -0.1) is 16.9 Å². The zero-order valence-electron chi connectivity index (χ0n) is 8.10. The molecule has 0 aliphatic carbocycles. The predicted octanol–water partition coefficient (Wildman–Crippen LogP) is 2.23. The highest BCUT2D eigenvalue weighted by molar-refractivity contribution is 7.98. The van der Waals surface area contributed by atoms with Crippen LogP contribution in [0.15, 0.2) is 29.2 Å². The summed E-state index contributed by atoms with van der Waals surface area (Å²) in [7, 11) is 0. The first kappa shape index (κ1) is 10.3. The highest BCUT2D eigenvalue weighted by Crippen LogP contribution is 2.19. The van der Waals surface area contributed by atoms with E-state index in [1.54, 1.807) is 16.3 Å². The second-order valence-corrected chi connectivity index (χ2v) is 4.19. The number of rotatable bonds is 2. The number of hydrogen-bond donors (Lipinski definition) is 2. The van der Waals surface area contributed by atoms with Crippen LogP contribution in [-0.2, 0) is 0 Å². The second-order valence-electron chi connectivity index (χ2n) is 2.92. The van der Waals surface area contributed by atoms with Crippen LogP contribution in [0.25, 0.3) is 5.69 Å². The number of thioether (sulfide) groups is 1. The summed E-state index contributed by atoms with van der Waals surface area (Å²) in [5.41, 5.74) is 6.64. The molecule has 2 aromatic rings. The molecule has 0 bridgehead atoms. The van der Waals surface area contributed by atoms with Gasteiger partial charge in [-0.2, -0.15) is 0 Å². The second kappa shape index (κ2) is 4.08. The van der Waals surface area contributed by atoms with Crippen LogP contribution in [-0.4, -0.2) is 21.0 Å². The van der Waals surface area contributed by atoms with Crippen molar-refractivity contribution in [2.45, 2.75) is 4.90 Å². The van der Waals surface area contributed by atoms with Crippen molar-refractivity contribution in [2.75, 3.05) is 12.0 Å². The van der Waals surface area contributed by atoms with E-state index in [1.165, 1.54) is 0 Å². The molecular weight excluding hydrogens is 228 g/mol. The lowest BCUT2D eigenvalue weighted by Crippen LogP contribution is -2.00. The first-order valence-corrected chi connectivity index (χ1v) is 5.93. The zero-order valence-corrected chi connectivity index (χ0v) is 9.73. The van der Waals surface area contributed by atoms with Gasteiger partial charge in [-0.25, -0.2) is 5.10 Å². The van der Waals surface area contributed by atoms with Crippen LogP contribution in [0.3, 0.4) is 0 Å². The minimum Gasteiger partial charge on any atom is -0.368 e. The summed E-state index contributed by atoms with van der Waals surface area (Å²) in [6.07, 6.45) is 2.02. The van der Waals surface area contributed by atoms with Crippen molar-refractivity contribution in [3.05, 3.63) is 29.0 Å². The van der Waals surface area contributed by atoms with Crippen molar-refractivity contribution in [1.29, 1.82) is 0 Å². The number of aromatic nitrogens is 3. The van der Waals surface area contributed by atoms with E-state index in [0.717, 1.165) is 10.6 Å². The molecule has 1 heterocycles. The molecule has 1 aromatic carbocycles. The molecule has 0 saturated carbocycles. The van der Waals surface area contributed by atoms with Crippen LogP contribution in [0.4, 0.5) is 5.95 Å². The molecule has 0 unspecified atom stereocenters. The Morgan fingerprint density at radius 2 is 2.33 bits per heavy atom. The first-order valence-electron chi connectivity index (χ1n) is 4.29. The number of hydrogen-bond acceptors (Lipinski definition) is 4. The van der Waals surface area contributed by atoms with E-state index in [1.807, 2.05) is 30.5 Å². The molecule has 0 spiro atoms. The summed E-state index contributed by atoms with van der Waals surface area (Å²) in [5, 5.41) is 6.52. The lowest BCUT2D eigenvalue weighted by molar-refractivity contribution is 1.03. The van der Waals surface area contributed by atoms with E-state index in [2.05, 4.69) is 10.2 Å². The topological polar surface area (TPSA) is 59.6 Å². The Morgan fingerprint density at radius 3 is 2.93 bits per heavy atom. The molecule has 0 atom stereocenters. The summed E-state index contributed by atoms with van der Waals surface area (Å²) in [4.78, 5) is 1.16. The van der Waals surface area contributed by atoms with Gasteiger partial charge < -0.3 is 5.73 Å². The summed E-state index contributed by atoms with van der Waals surface area (Å²) in [6, 6.07) is 7.97. The smallest absolute Gasteiger partial charge is 0.225 e. The van der Waals surface area contributed by atoms with Gasteiger partial charge in [0.15, 0.2) is 0 Å². The molecule has 1 aromatic heterocycles. The van der Waals surface area contributed by atoms with Crippen molar-refractivity contribution in [2.24, 2.45) is 0 Å². The summed E-state index contributed by atoms with van der Waals surface area (Å²) in [5.74, 6) is 0.373. The largest absolute Gasteiger partial charge is 0.368 e. The minimum atomic E-state index is 0.373. The Hall–Kier alpha value is -1.27. The molecule has 0 saturated heterocycles. The predicted molar refractivity (Wildman–Crippen MR) is 64.9 cm³/mol. The Labute approximate surface area is 96.5 Å². The third-order valence-corrected chi connectivity index (χ3v) is 3.01. The van der Waals surface area contributed by atoms with Crippen molar-refractivity contribution in [3.8, 4) is 5.69 Å². The maximum Gasteiger partial charge on any atom is 0.225 e. The fourth-order valence-electron chi connectivity index (χ4n) is 1.31. The summed E-state index contributed by atoms with van der Waals surface area (Å²) < 4.78 is 2.21. The van der Waals surface area contributed by atoms with Gasteiger partial charge in [0.2, 0.25) is 10.7 Å². The van der Waals surface area contributed by atoms with Crippen LogP contribution >= 0.6 is 24.0 Å². The fourth-order valence-corrected chi connectivity index (χ4v) is 2.01. The first-order chi connectivity index (χ1) is 7.22. The number of nitrogens with two attached hydrogens (primary N) is 1. The van der Waals surface area contributed by atoms with E-state index in [4.69, 9.17) is 18.0 Å². The minimum absolute atomic E-state index is 0.373. The van der Waals surface area contributed by atoms with Crippen LogP contribution in [0.5, 0.6) is 0 Å². The third-order valence-electron chi connectivity index (χ3n) is 2.01. The average Bonchev–Trinajstić information content (AvgIpc) is 2.59. The maximum atomic E-state index is 5.71. The highest BCUT2D eigenvalue weighted by Gasteiger charge is 2.04. The van der Waals surface area contributed by atoms with Crippen LogP contribution in [0.1, 0.15) is 0 Å². The van der Waals surface area contributed by atoms with E-state index in [9.17, 15) is 0 Å². The fraction of sp³-hybridized carbons (Fsp3) is 0.111. The summed E-state index contributed by atoms with van der Waals surface area (Å²) >= 11 is 6.77. The Kier molecular flexibility index (Phi) is 2.79. The molecule has 2 rings (SSSR count). The maximum absolute atomic E-state index is 5.71. The standard InChI is InChI=1S/C9H10N4S2/c1-15-7-4-2-3-6(5-7)13-8(10)11-12-9(13)14/h2-5H,1H3,(H2,10,11)(H,12,14). The van der Waals surface area contributed by atoms with E-state index < -0.39 is 0 Å². The molecule has 6 heteroatoms. The Bertz CT molecular complexity index is 529. The monoisotopic (exact) mass is 238 g/mol. The van der Waals surface area contributed by atoms with Gasteiger partial charge in [0.05, 0.1) is 5.69 Å². The number of nitrogens with zero attached hydrogens (tertiary/aromatic N) is 2. The molecule has 0 aliphatic rings. The van der Waals surface area contributed by atoms with Crippen LogP contribution in [0.2, 0.25) is 0 Å². The van der Waals surface area contributed by atoms with Crippen molar-refractivity contribution in [3.63, 3.8) is 0 Å². The van der Waals surface area contributed by atoms with E-state index in [0.29, 0.717) is 10.7 Å². The van der Waals surface area contributed by atoms with E-state index >= 15 is 0 Å². The lowest BCUT2D eigenvalue weighted by Gasteiger charge is -2.04. The molecule has 0 amide bonds. The molecular formula is C9H10N4S2. The number of aromatic amines is 1. The van der Waals surface area contributed by atoms with E-state index in [-0.39, 0.29) is 0 Å². The molecule has 0 fully saturated rings. The number of nitrogens with one attached hydrogen (secondary N) is 1. The highest BCUT2D eigenvalue weighted by atomic mass is 32.2. The molecule has 15 heavy (non-hydrogen) atoms. The molecule has 0 aliphatic heterocycles. The SMILES string of the molecule is CSc1cccc(-n2c(N)n[nH]c2=S)c1. The van der Waals surface area contributed by atoms with Gasteiger partial charge >= 0.3 is 0 Å². The van der Waals surface area contributed by atoms with Crippen molar-refractivity contribution < 1.29 is 0 Å². The zero-order chi connectivity index (χ0) is 10.8. The molecule has 0 radical (unpaired) electrons. The quantitative estimate of drug-likeness (QED) is 0.622. The van der Waals surface area contributed by atoms with Crippen LogP contribution in [0, 0.1) is 4.77 Å². The third kappa shape index (κ3) is 1.91. The number of anilines is 1. The Balaban J connectivity index is 2.59. The average molecular weight is 238 g/mol. The Morgan fingerprint density at radius 1 is 1.53 bits per heavy atom. The van der Waals surface area contributed by atoms with Crippen LogP contribution < -0.4 is 5.73 Å². The molecule has 3 N–H and O–H groups in total. The normalized spacial score (nSPS) is 10.5. The van der Waals surface area contributed by atoms with Gasteiger partial charge in [0.25, 0.3) is 0 Å². The van der Waals surface area contributed by atoms with Gasteiger partial charge in [0, 0.05) is 4.90 Å². The lowest BCUT2D eigenvalue weighted by atomic mass is 10.3. The van der Waals surface area contributed by atoms with Gasteiger partial charge in [-0.3, -0.25) is 4.57 Å². The van der Waals surface area contributed by atoms with Gasteiger partial charge in [-0.05, 0) is 36.7 Å². The van der Waals surface area contributed by atoms with Crippen molar-refractivity contribution >= 4 is 29.9 Å². The molecule has 4 nitrogen and oxygen atoms in total. The van der Waals surface area contributed by atoms with Crippen molar-refractivity contribution in [1.82, 2.24) is 14.8 Å². The number of nitrogen functional groups attached to an aromatic ring is 1. The number of H-pyrrole nitrogens is 1. The molecule has 78 valence electrons. The van der Waals surface area contributed by atoms with Gasteiger partial charge in [0.1, 0.15) is 0 Å². The summed E-state index contributed by atoms with van der Waals surface area (Å²) in [6.45, 7) is 0. The number of benzene rings is 1.